The predicted octanol–water partition coefficient (Wildman–Crippen LogP) is 0.266. The highest BCUT2D eigenvalue weighted by molar-refractivity contribution is 5.96. The van der Waals surface area contributed by atoms with Gasteiger partial charge in [0.1, 0.15) is 5.75 Å². The number of nitrogens with one attached hydrogen (secondary N) is 1. The molecule has 0 saturated heterocycles. The van der Waals surface area contributed by atoms with Crippen molar-refractivity contribution < 1.29 is 24.9 Å². The fourth-order valence-corrected chi connectivity index (χ4v) is 1.37. The van der Waals surface area contributed by atoms with Gasteiger partial charge in [-0.25, -0.2) is 4.79 Å². The molecule has 0 saturated carbocycles. The Hall–Kier alpha value is -2.08. The molecule has 0 aliphatic rings. The number of rotatable bonds is 5. The van der Waals surface area contributed by atoms with Gasteiger partial charge in [0.2, 0.25) is 0 Å². The second kappa shape index (κ2) is 6.02. The van der Waals surface area contributed by atoms with E-state index in [9.17, 15) is 14.7 Å². The van der Waals surface area contributed by atoms with Crippen LogP contribution in [0, 0.1) is 6.92 Å². The smallest absolute Gasteiger partial charge is 0.332 e. The van der Waals surface area contributed by atoms with Crippen LogP contribution in [0.2, 0.25) is 0 Å². The highest BCUT2D eigenvalue weighted by Crippen LogP contribution is 2.17. The van der Waals surface area contributed by atoms with Crippen molar-refractivity contribution in [1.82, 2.24) is 5.32 Å². The average Bonchev–Trinajstić information content (AvgIpc) is 2.28. The number of carboxylic acids is 1. The van der Waals surface area contributed by atoms with Gasteiger partial charge in [-0.3, -0.25) is 4.79 Å². The average molecular weight is 253 g/mol. The van der Waals surface area contributed by atoms with Gasteiger partial charge in [-0.2, -0.15) is 0 Å². The van der Waals surface area contributed by atoms with Crippen molar-refractivity contribution in [3.05, 3.63) is 29.3 Å². The molecule has 0 spiro atoms. The fraction of sp³-hybridized carbons (Fsp3) is 0.333. The van der Waals surface area contributed by atoms with Crippen LogP contribution in [-0.2, 0) is 4.79 Å². The first-order valence-electron chi connectivity index (χ1n) is 5.40. The zero-order chi connectivity index (χ0) is 13.7. The highest BCUT2D eigenvalue weighted by atomic mass is 16.4. The van der Waals surface area contributed by atoms with Crippen LogP contribution >= 0.6 is 0 Å². The molecule has 1 unspecified atom stereocenters. The molecular formula is C12H15NO5. The molecule has 6 nitrogen and oxygen atoms in total. The van der Waals surface area contributed by atoms with E-state index in [-0.39, 0.29) is 24.3 Å². The first-order chi connectivity index (χ1) is 8.41. The summed E-state index contributed by atoms with van der Waals surface area (Å²) in [7, 11) is 0. The number of hydrogen-bond donors (Lipinski definition) is 4. The van der Waals surface area contributed by atoms with E-state index < -0.39 is 18.0 Å². The first kappa shape index (κ1) is 14.0. The molecule has 98 valence electrons. The molecule has 0 radical (unpaired) electrons. The van der Waals surface area contributed by atoms with Gasteiger partial charge in [-0.15, -0.1) is 0 Å². The lowest BCUT2D eigenvalue weighted by Gasteiger charge is -2.08. The maximum Gasteiger partial charge on any atom is 0.332 e. The molecule has 18 heavy (non-hydrogen) atoms. The number of hydrogen-bond acceptors (Lipinski definition) is 4. The van der Waals surface area contributed by atoms with Gasteiger partial charge in [0, 0.05) is 13.0 Å². The Morgan fingerprint density at radius 1 is 1.39 bits per heavy atom. The van der Waals surface area contributed by atoms with Crippen LogP contribution in [0.1, 0.15) is 22.3 Å². The number of phenols is 1. The van der Waals surface area contributed by atoms with Crippen LogP contribution in [0.25, 0.3) is 0 Å². The number of benzene rings is 1. The Morgan fingerprint density at radius 3 is 2.61 bits per heavy atom. The summed E-state index contributed by atoms with van der Waals surface area (Å²) in [4.78, 5) is 22.0. The van der Waals surface area contributed by atoms with Crippen LogP contribution in [0.15, 0.2) is 18.2 Å². The van der Waals surface area contributed by atoms with Gasteiger partial charge in [0.05, 0.1) is 5.56 Å². The number of aliphatic hydroxyl groups excluding tert-OH is 1. The number of aromatic hydroxyl groups is 1. The second-order valence-corrected chi connectivity index (χ2v) is 3.92. The molecule has 0 aliphatic heterocycles. The van der Waals surface area contributed by atoms with Crippen LogP contribution < -0.4 is 5.32 Å². The second-order valence-electron chi connectivity index (χ2n) is 3.92. The molecule has 0 bridgehead atoms. The first-order valence-corrected chi connectivity index (χ1v) is 5.40. The molecule has 1 rings (SSSR count). The van der Waals surface area contributed by atoms with E-state index in [1.807, 2.05) is 0 Å². The third kappa shape index (κ3) is 3.74. The number of carbonyl (C=O) groups is 2. The summed E-state index contributed by atoms with van der Waals surface area (Å²) in [5, 5.41) is 29.4. The van der Waals surface area contributed by atoms with Crippen LogP contribution in [-0.4, -0.2) is 39.8 Å². The fourth-order valence-electron chi connectivity index (χ4n) is 1.37. The van der Waals surface area contributed by atoms with Gasteiger partial charge in [-0.05, 0) is 24.6 Å². The predicted molar refractivity (Wildman–Crippen MR) is 63.4 cm³/mol. The molecule has 1 amide bonds. The van der Waals surface area contributed by atoms with E-state index in [1.165, 1.54) is 12.1 Å². The summed E-state index contributed by atoms with van der Waals surface area (Å²) in [6.07, 6.45) is -1.59. The van der Waals surface area contributed by atoms with Gasteiger partial charge in [-0.1, -0.05) is 6.07 Å². The van der Waals surface area contributed by atoms with Gasteiger partial charge >= 0.3 is 5.97 Å². The van der Waals surface area contributed by atoms with E-state index >= 15 is 0 Å². The molecule has 4 N–H and O–H groups in total. The topological polar surface area (TPSA) is 107 Å². The Balaban J connectivity index is 2.53. The third-order valence-corrected chi connectivity index (χ3v) is 2.39. The number of carbonyl (C=O) groups excluding carboxylic acids is 1. The monoisotopic (exact) mass is 253 g/mol. The lowest BCUT2D eigenvalue weighted by Crippen LogP contribution is -2.30. The summed E-state index contributed by atoms with van der Waals surface area (Å²) >= 11 is 0. The minimum Gasteiger partial charge on any atom is -0.507 e. The van der Waals surface area contributed by atoms with Crippen molar-refractivity contribution in [1.29, 1.82) is 0 Å². The lowest BCUT2D eigenvalue weighted by atomic mass is 10.1. The van der Waals surface area contributed by atoms with E-state index in [2.05, 4.69) is 5.32 Å². The van der Waals surface area contributed by atoms with E-state index in [0.717, 1.165) is 5.56 Å². The molecule has 1 aromatic carbocycles. The summed E-state index contributed by atoms with van der Waals surface area (Å²) in [6, 6.07) is 4.62. The van der Waals surface area contributed by atoms with Crippen molar-refractivity contribution in [2.45, 2.75) is 19.4 Å². The lowest BCUT2D eigenvalue weighted by molar-refractivity contribution is -0.146. The Bertz CT molecular complexity index is 458. The maximum absolute atomic E-state index is 11.6. The van der Waals surface area contributed by atoms with Gasteiger partial charge in [0.25, 0.3) is 5.91 Å². The van der Waals surface area contributed by atoms with Crippen LogP contribution in [0.5, 0.6) is 5.75 Å². The minimum absolute atomic E-state index is 0.0135. The van der Waals surface area contributed by atoms with E-state index in [4.69, 9.17) is 10.2 Å². The molecular weight excluding hydrogens is 238 g/mol. The molecule has 1 aromatic rings. The van der Waals surface area contributed by atoms with E-state index in [1.54, 1.807) is 13.0 Å². The zero-order valence-electron chi connectivity index (χ0n) is 9.88. The van der Waals surface area contributed by atoms with Crippen molar-refractivity contribution in [3.8, 4) is 5.75 Å². The summed E-state index contributed by atoms with van der Waals surface area (Å²) in [5.41, 5.74) is 0.941. The molecule has 0 heterocycles. The van der Waals surface area contributed by atoms with Gasteiger partial charge < -0.3 is 20.6 Å². The zero-order valence-corrected chi connectivity index (χ0v) is 9.88. The Morgan fingerprint density at radius 2 is 2.06 bits per heavy atom. The SMILES string of the molecule is Cc1ccc(C(=O)NCCC(O)C(=O)O)c(O)c1. The van der Waals surface area contributed by atoms with E-state index in [0.29, 0.717) is 0 Å². The third-order valence-electron chi connectivity index (χ3n) is 2.39. The Kier molecular flexibility index (Phi) is 4.67. The molecule has 0 fully saturated rings. The number of aliphatic hydroxyl groups is 1. The van der Waals surface area contributed by atoms with Crippen molar-refractivity contribution >= 4 is 11.9 Å². The number of aryl methyl sites for hydroxylation is 1. The number of phenolic OH excluding ortho intramolecular Hbond substituents is 1. The minimum atomic E-state index is -1.50. The van der Waals surface area contributed by atoms with Gasteiger partial charge in [0.15, 0.2) is 6.10 Å². The quantitative estimate of drug-likeness (QED) is 0.602. The summed E-state index contributed by atoms with van der Waals surface area (Å²) < 4.78 is 0. The largest absolute Gasteiger partial charge is 0.507 e. The number of aliphatic carboxylic acids is 1. The standard InChI is InChI=1S/C12H15NO5/c1-7-2-3-8(10(15)6-7)11(16)13-5-4-9(14)12(17)18/h2-3,6,9,14-15H,4-5H2,1H3,(H,13,16)(H,17,18). The van der Waals surface area contributed by atoms with Crippen molar-refractivity contribution in [3.63, 3.8) is 0 Å². The summed E-state index contributed by atoms with van der Waals surface area (Å²) in [5.74, 6) is -1.97. The number of carboxylic acid groups (broad SMARTS) is 1. The highest BCUT2D eigenvalue weighted by Gasteiger charge is 2.14. The van der Waals surface area contributed by atoms with Crippen molar-refractivity contribution in [2.24, 2.45) is 0 Å². The molecule has 0 aliphatic carbocycles. The summed E-state index contributed by atoms with van der Waals surface area (Å²) in [6.45, 7) is 1.80. The maximum atomic E-state index is 11.6. The van der Waals surface area contributed by atoms with Crippen LogP contribution in [0.4, 0.5) is 0 Å². The van der Waals surface area contributed by atoms with Crippen LogP contribution in [0.3, 0.4) is 0 Å². The van der Waals surface area contributed by atoms with Crippen molar-refractivity contribution in [2.75, 3.05) is 6.54 Å². The Labute approximate surface area is 104 Å². The number of amides is 1. The normalized spacial score (nSPS) is 11.9. The molecule has 1 atom stereocenters. The molecule has 0 aromatic heterocycles. The molecule has 6 heteroatoms.